The van der Waals surface area contributed by atoms with E-state index in [0.717, 1.165) is 0 Å². The lowest BCUT2D eigenvalue weighted by Crippen LogP contribution is -2.12. The molecule has 8 heteroatoms. The number of furan rings is 1. The summed E-state index contributed by atoms with van der Waals surface area (Å²) >= 11 is 5.96. The van der Waals surface area contributed by atoms with Crippen molar-refractivity contribution in [2.75, 3.05) is 0 Å². The van der Waals surface area contributed by atoms with Crippen molar-refractivity contribution in [2.45, 2.75) is 6.61 Å². The lowest BCUT2D eigenvalue weighted by atomic mass is 10.3. The van der Waals surface area contributed by atoms with Crippen LogP contribution in [0.4, 0.5) is 0 Å². The molecule has 0 aliphatic carbocycles. The quantitative estimate of drug-likeness (QED) is 0.576. The average Bonchev–Trinajstić information content (AvgIpc) is 3.25. The number of hydrogen-bond acceptors (Lipinski definition) is 6. The highest BCUT2D eigenvalue weighted by Gasteiger charge is 2.11. The van der Waals surface area contributed by atoms with Crippen molar-refractivity contribution in [3.8, 4) is 11.5 Å². The summed E-state index contributed by atoms with van der Waals surface area (Å²) in [6, 6.07) is 10.6. The van der Waals surface area contributed by atoms with Gasteiger partial charge in [0.25, 0.3) is 0 Å². The second-order valence-corrected chi connectivity index (χ2v) is 4.97. The maximum absolute atomic E-state index is 5.96. The van der Waals surface area contributed by atoms with E-state index in [9.17, 15) is 0 Å². The molecule has 0 spiro atoms. The predicted molar refractivity (Wildman–Crippen MR) is 77.0 cm³/mol. The molecule has 0 aliphatic heterocycles. The Balaban J connectivity index is 1.53. The molecule has 4 rings (SSSR count). The summed E-state index contributed by atoms with van der Waals surface area (Å²) in [5.74, 6) is 1.15. The van der Waals surface area contributed by atoms with Crippen molar-refractivity contribution < 1.29 is 13.8 Å². The fourth-order valence-corrected chi connectivity index (χ4v) is 2.18. The van der Waals surface area contributed by atoms with Gasteiger partial charge in [0, 0.05) is 11.1 Å². The van der Waals surface area contributed by atoms with Gasteiger partial charge in [-0.2, -0.15) is 0 Å². The van der Waals surface area contributed by atoms with Gasteiger partial charge in [-0.25, -0.2) is 0 Å². The van der Waals surface area contributed by atoms with Crippen LogP contribution in [0.2, 0.25) is 5.02 Å². The van der Waals surface area contributed by atoms with Crippen molar-refractivity contribution in [3.63, 3.8) is 0 Å². The largest absolute Gasteiger partial charge is 0.461 e. The van der Waals surface area contributed by atoms with Crippen LogP contribution in [0.3, 0.4) is 0 Å². The van der Waals surface area contributed by atoms with E-state index >= 15 is 0 Å². The van der Waals surface area contributed by atoms with Gasteiger partial charge < -0.3 is 13.8 Å². The molecular weight excluding hydrogens is 308 g/mol. The minimum Gasteiger partial charge on any atom is -0.461 e. The molecule has 0 radical (unpaired) electrons. The molecule has 0 aliphatic rings. The van der Waals surface area contributed by atoms with E-state index in [1.54, 1.807) is 42.7 Å². The topological polar surface area (TPSA) is 79.1 Å². The second-order valence-electron chi connectivity index (χ2n) is 4.53. The SMILES string of the molecule is Clc1ccc2nnn(OCc3cc(-c4ccco4)on3)c2c1. The van der Waals surface area contributed by atoms with Crippen LogP contribution >= 0.6 is 11.6 Å². The van der Waals surface area contributed by atoms with Crippen LogP contribution in [0.1, 0.15) is 5.69 Å². The van der Waals surface area contributed by atoms with Gasteiger partial charge in [0.2, 0.25) is 5.76 Å². The molecule has 110 valence electrons. The molecule has 4 aromatic rings. The first-order valence-electron chi connectivity index (χ1n) is 6.43. The Morgan fingerprint density at radius 2 is 2.14 bits per heavy atom. The van der Waals surface area contributed by atoms with Crippen LogP contribution in [-0.4, -0.2) is 20.3 Å². The van der Waals surface area contributed by atoms with E-state index in [0.29, 0.717) is 33.3 Å². The summed E-state index contributed by atoms with van der Waals surface area (Å²) in [6.07, 6.45) is 1.57. The van der Waals surface area contributed by atoms with Crippen LogP contribution in [0, 0.1) is 0 Å². The molecule has 22 heavy (non-hydrogen) atoms. The summed E-state index contributed by atoms with van der Waals surface area (Å²) in [5, 5.41) is 12.4. The van der Waals surface area contributed by atoms with Crippen LogP contribution < -0.4 is 4.84 Å². The lowest BCUT2D eigenvalue weighted by Gasteiger charge is -2.02. The fraction of sp³-hybridized carbons (Fsp3) is 0.0714. The van der Waals surface area contributed by atoms with Crippen molar-refractivity contribution in [1.29, 1.82) is 0 Å². The highest BCUT2D eigenvalue weighted by Crippen LogP contribution is 2.21. The first-order chi connectivity index (χ1) is 10.8. The number of nitrogens with zero attached hydrogens (tertiary/aromatic N) is 4. The van der Waals surface area contributed by atoms with Gasteiger partial charge in [-0.05, 0) is 35.5 Å². The summed E-state index contributed by atoms with van der Waals surface area (Å²) in [7, 11) is 0. The zero-order valence-electron chi connectivity index (χ0n) is 11.1. The number of fused-ring (bicyclic) bond motifs is 1. The van der Waals surface area contributed by atoms with E-state index in [1.165, 1.54) is 4.85 Å². The van der Waals surface area contributed by atoms with Crippen LogP contribution in [0.15, 0.2) is 51.6 Å². The molecule has 7 nitrogen and oxygen atoms in total. The number of aromatic nitrogens is 4. The van der Waals surface area contributed by atoms with Crippen molar-refractivity contribution >= 4 is 22.6 Å². The molecule has 0 atom stereocenters. The molecule has 0 bridgehead atoms. The summed E-state index contributed by atoms with van der Waals surface area (Å²) < 4.78 is 10.4. The third kappa shape index (κ3) is 2.31. The third-order valence-electron chi connectivity index (χ3n) is 3.03. The van der Waals surface area contributed by atoms with E-state index < -0.39 is 0 Å². The van der Waals surface area contributed by atoms with Gasteiger partial charge in [0.1, 0.15) is 16.7 Å². The zero-order chi connectivity index (χ0) is 14.9. The second kappa shape index (κ2) is 5.19. The van der Waals surface area contributed by atoms with Gasteiger partial charge in [0.15, 0.2) is 12.4 Å². The molecule has 0 fully saturated rings. The van der Waals surface area contributed by atoms with Gasteiger partial charge in [-0.3, -0.25) is 0 Å². The Kier molecular flexibility index (Phi) is 3.05. The lowest BCUT2D eigenvalue weighted by molar-refractivity contribution is 0.0715. The zero-order valence-corrected chi connectivity index (χ0v) is 11.9. The number of benzene rings is 1. The van der Waals surface area contributed by atoms with Crippen LogP contribution in [0.5, 0.6) is 0 Å². The molecule has 0 saturated carbocycles. The fourth-order valence-electron chi connectivity index (χ4n) is 2.01. The highest BCUT2D eigenvalue weighted by molar-refractivity contribution is 6.31. The highest BCUT2D eigenvalue weighted by atomic mass is 35.5. The molecule has 0 amide bonds. The van der Waals surface area contributed by atoms with E-state index in [-0.39, 0.29) is 6.61 Å². The summed E-state index contributed by atoms with van der Waals surface area (Å²) in [6.45, 7) is 0.176. The minimum atomic E-state index is 0.176. The first-order valence-corrected chi connectivity index (χ1v) is 6.81. The number of rotatable bonds is 4. The Hall–Kier alpha value is -2.80. The monoisotopic (exact) mass is 316 g/mol. The van der Waals surface area contributed by atoms with Crippen molar-refractivity contribution in [1.82, 2.24) is 20.3 Å². The number of hydrogen-bond donors (Lipinski definition) is 0. The third-order valence-corrected chi connectivity index (χ3v) is 3.27. The van der Waals surface area contributed by atoms with Gasteiger partial charge in [-0.15, -0.1) is 5.10 Å². The number of halogens is 1. The molecule has 0 saturated heterocycles. The molecule has 3 aromatic heterocycles. The van der Waals surface area contributed by atoms with Gasteiger partial charge in [-0.1, -0.05) is 21.6 Å². The summed E-state index contributed by atoms with van der Waals surface area (Å²) in [5.41, 5.74) is 1.99. The van der Waals surface area contributed by atoms with Gasteiger partial charge >= 0.3 is 0 Å². The molecule has 1 aromatic carbocycles. The summed E-state index contributed by atoms with van der Waals surface area (Å²) in [4.78, 5) is 6.87. The van der Waals surface area contributed by atoms with E-state index in [4.69, 9.17) is 25.4 Å². The maximum atomic E-state index is 5.96. The minimum absolute atomic E-state index is 0.176. The Morgan fingerprint density at radius 1 is 1.18 bits per heavy atom. The van der Waals surface area contributed by atoms with E-state index in [2.05, 4.69) is 15.5 Å². The Labute approximate surface area is 129 Å². The van der Waals surface area contributed by atoms with Crippen LogP contribution in [0.25, 0.3) is 22.6 Å². The normalized spacial score (nSPS) is 11.1. The molecular formula is C14H9ClN4O3. The first kappa shape index (κ1) is 12.9. The van der Waals surface area contributed by atoms with Crippen LogP contribution in [-0.2, 0) is 6.61 Å². The molecule has 3 heterocycles. The Bertz CT molecular complexity index is 913. The maximum Gasteiger partial charge on any atom is 0.202 e. The molecule has 0 unspecified atom stereocenters. The van der Waals surface area contributed by atoms with E-state index in [1.807, 2.05) is 0 Å². The van der Waals surface area contributed by atoms with Crippen molar-refractivity contribution in [3.05, 3.63) is 53.4 Å². The average molecular weight is 317 g/mol. The predicted octanol–water partition coefficient (Wildman–Crippen LogP) is 2.96. The molecule has 0 N–H and O–H groups in total. The Morgan fingerprint density at radius 3 is 3.00 bits per heavy atom. The van der Waals surface area contributed by atoms with Gasteiger partial charge in [0.05, 0.1) is 6.26 Å². The standard InChI is InChI=1S/C14H9ClN4O3/c15-9-3-4-11-12(6-9)19(18-16-11)21-8-10-7-14(22-17-10)13-2-1-5-20-13/h1-7H,8H2. The smallest absolute Gasteiger partial charge is 0.202 e. The van der Waals surface area contributed by atoms with Crippen molar-refractivity contribution in [2.24, 2.45) is 0 Å².